The predicted molar refractivity (Wildman–Crippen MR) is 83.7 cm³/mol. The molecule has 1 fully saturated rings. The van der Waals surface area contributed by atoms with Crippen molar-refractivity contribution in [3.63, 3.8) is 0 Å². The van der Waals surface area contributed by atoms with E-state index in [0.717, 1.165) is 32.1 Å². The van der Waals surface area contributed by atoms with E-state index < -0.39 is 10.0 Å². The van der Waals surface area contributed by atoms with Crippen LogP contribution in [0.1, 0.15) is 32.1 Å². The highest BCUT2D eigenvalue weighted by Gasteiger charge is 2.32. The first-order valence-corrected chi connectivity index (χ1v) is 8.90. The van der Waals surface area contributed by atoms with E-state index in [4.69, 9.17) is 17.3 Å². The number of aliphatic hydroxyl groups excluding tert-OH is 1. The minimum Gasteiger partial charge on any atom is -0.397 e. The number of halogens is 1. The summed E-state index contributed by atoms with van der Waals surface area (Å²) in [6, 6.07) is 4.23. The number of rotatable bonds is 5. The number of aliphatic hydroxyl groups is 1. The zero-order chi connectivity index (χ0) is 15.5. The lowest BCUT2D eigenvalue weighted by molar-refractivity contribution is 0.0867. The third kappa shape index (κ3) is 3.88. The van der Waals surface area contributed by atoms with Crippen LogP contribution < -0.4 is 10.5 Å². The Morgan fingerprint density at radius 2 is 1.95 bits per heavy atom. The van der Waals surface area contributed by atoms with E-state index in [2.05, 4.69) is 4.72 Å². The number of nitrogens with one attached hydrogen (secondary N) is 1. The van der Waals surface area contributed by atoms with E-state index in [1.807, 2.05) is 0 Å². The first-order chi connectivity index (χ1) is 9.88. The van der Waals surface area contributed by atoms with Gasteiger partial charge in [0, 0.05) is 18.6 Å². The van der Waals surface area contributed by atoms with Crippen molar-refractivity contribution < 1.29 is 13.5 Å². The van der Waals surface area contributed by atoms with Crippen LogP contribution in [0.25, 0.3) is 0 Å². The van der Waals surface area contributed by atoms with Gasteiger partial charge >= 0.3 is 0 Å². The molecule has 0 radical (unpaired) electrons. The van der Waals surface area contributed by atoms with Crippen LogP contribution in [0.15, 0.2) is 23.1 Å². The maximum atomic E-state index is 12.3. The van der Waals surface area contributed by atoms with Crippen molar-refractivity contribution >= 4 is 27.3 Å². The standard InChI is InChI=1S/C14H21ClN2O3S/c15-12-5-4-11(8-13(12)16)21(19,20)17-9-14(10-18)6-2-1-3-7-14/h4-5,8,17-18H,1-3,6-7,9-10,16H2. The smallest absolute Gasteiger partial charge is 0.240 e. The van der Waals surface area contributed by atoms with Crippen molar-refractivity contribution in [2.24, 2.45) is 5.41 Å². The van der Waals surface area contributed by atoms with Crippen molar-refractivity contribution in [2.45, 2.75) is 37.0 Å². The number of anilines is 1. The Morgan fingerprint density at radius 1 is 1.29 bits per heavy atom. The maximum Gasteiger partial charge on any atom is 0.240 e. The Hall–Kier alpha value is -0.820. The molecule has 1 aromatic carbocycles. The topological polar surface area (TPSA) is 92.4 Å². The van der Waals surface area contributed by atoms with Crippen molar-refractivity contribution in [1.82, 2.24) is 4.72 Å². The predicted octanol–water partition coefficient (Wildman–Crippen LogP) is 2.14. The fourth-order valence-electron chi connectivity index (χ4n) is 2.71. The van der Waals surface area contributed by atoms with Crippen LogP contribution in [-0.2, 0) is 10.0 Å². The van der Waals surface area contributed by atoms with E-state index in [0.29, 0.717) is 5.02 Å². The lowest BCUT2D eigenvalue weighted by atomic mass is 9.75. The summed E-state index contributed by atoms with van der Waals surface area (Å²) in [5.74, 6) is 0. The first-order valence-electron chi connectivity index (χ1n) is 7.04. The van der Waals surface area contributed by atoms with E-state index in [-0.39, 0.29) is 29.1 Å². The number of nitrogens with two attached hydrogens (primary N) is 1. The van der Waals surface area contributed by atoms with Gasteiger partial charge in [0.1, 0.15) is 0 Å². The molecule has 0 heterocycles. The Labute approximate surface area is 130 Å². The molecule has 0 saturated heterocycles. The Morgan fingerprint density at radius 3 is 2.52 bits per heavy atom. The van der Waals surface area contributed by atoms with Crippen molar-refractivity contribution in [1.29, 1.82) is 0 Å². The molecule has 0 aliphatic heterocycles. The molecule has 1 saturated carbocycles. The molecule has 1 aliphatic rings. The Balaban J connectivity index is 2.11. The fraction of sp³-hybridized carbons (Fsp3) is 0.571. The average Bonchev–Trinajstić information content (AvgIpc) is 2.49. The quantitative estimate of drug-likeness (QED) is 0.720. The molecule has 1 aliphatic carbocycles. The molecule has 2 rings (SSSR count). The van der Waals surface area contributed by atoms with Crippen molar-refractivity contribution in [3.05, 3.63) is 23.2 Å². The minimum absolute atomic E-state index is 0.00171. The van der Waals surface area contributed by atoms with E-state index in [1.54, 1.807) is 0 Å². The van der Waals surface area contributed by atoms with Gasteiger partial charge < -0.3 is 10.8 Å². The van der Waals surface area contributed by atoms with Gasteiger partial charge in [-0.3, -0.25) is 0 Å². The van der Waals surface area contributed by atoms with Gasteiger partial charge in [0.25, 0.3) is 0 Å². The Bertz CT molecular complexity index is 598. The first kappa shape index (κ1) is 16.5. The highest BCUT2D eigenvalue weighted by Crippen LogP contribution is 2.35. The number of hydrogen-bond acceptors (Lipinski definition) is 4. The van der Waals surface area contributed by atoms with Gasteiger partial charge in [0.15, 0.2) is 0 Å². The molecule has 0 bridgehead atoms. The monoisotopic (exact) mass is 332 g/mol. The van der Waals surface area contributed by atoms with Crippen LogP contribution in [0.3, 0.4) is 0 Å². The molecule has 0 spiro atoms. The van der Waals surface area contributed by atoms with Gasteiger partial charge in [-0.05, 0) is 31.0 Å². The largest absolute Gasteiger partial charge is 0.397 e. The van der Waals surface area contributed by atoms with E-state index in [1.165, 1.54) is 18.2 Å². The molecule has 118 valence electrons. The molecule has 7 heteroatoms. The SMILES string of the molecule is Nc1cc(S(=O)(=O)NCC2(CO)CCCCC2)ccc1Cl. The van der Waals surface area contributed by atoms with Crippen LogP contribution in [0.4, 0.5) is 5.69 Å². The van der Waals surface area contributed by atoms with Crippen LogP contribution in [0.2, 0.25) is 5.02 Å². The van der Waals surface area contributed by atoms with Crippen LogP contribution >= 0.6 is 11.6 Å². The molecule has 0 amide bonds. The average molecular weight is 333 g/mol. The lowest BCUT2D eigenvalue weighted by Gasteiger charge is -2.35. The van der Waals surface area contributed by atoms with E-state index in [9.17, 15) is 13.5 Å². The van der Waals surface area contributed by atoms with Crippen molar-refractivity contribution in [2.75, 3.05) is 18.9 Å². The second-order valence-corrected chi connectivity index (χ2v) is 7.90. The molecular weight excluding hydrogens is 312 g/mol. The highest BCUT2D eigenvalue weighted by atomic mass is 35.5. The normalized spacial score (nSPS) is 18.6. The third-order valence-electron chi connectivity index (χ3n) is 4.16. The highest BCUT2D eigenvalue weighted by molar-refractivity contribution is 7.89. The van der Waals surface area contributed by atoms with Crippen LogP contribution in [0, 0.1) is 5.41 Å². The second kappa shape index (κ2) is 6.52. The van der Waals surface area contributed by atoms with E-state index >= 15 is 0 Å². The van der Waals surface area contributed by atoms with Crippen molar-refractivity contribution in [3.8, 4) is 0 Å². The number of hydrogen-bond donors (Lipinski definition) is 3. The number of sulfonamides is 1. The number of benzene rings is 1. The molecule has 21 heavy (non-hydrogen) atoms. The van der Waals surface area contributed by atoms with Crippen LogP contribution in [-0.4, -0.2) is 26.7 Å². The van der Waals surface area contributed by atoms with Gasteiger partial charge in [-0.15, -0.1) is 0 Å². The zero-order valence-corrected chi connectivity index (χ0v) is 13.4. The second-order valence-electron chi connectivity index (χ2n) is 5.73. The summed E-state index contributed by atoms with van der Waals surface area (Å²) in [6.07, 6.45) is 4.87. The summed E-state index contributed by atoms with van der Waals surface area (Å²) in [4.78, 5) is 0.0910. The summed E-state index contributed by atoms with van der Waals surface area (Å²) in [5, 5.41) is 9.94. The van der Waals surface area contributed by atoms with Crippen LogP contribution in [0.5, 0.6) is 0 Å². The lowest BCUT2D eigenvalue weighted by Crippen LogP contribution is -2.41. The van der Waals surface area contributed by atoms with Gasteiger partial charge in [-0.1, -0.05) is 30.9 Å². The van der Waals surface area contributed by atoms with Gasteiger partial charge in [0.05, 0.1) is 15.6 Å². The van der Waals surface area contributed by atoms with Gasteiger partial charge in [-0.25, -0.2) is 13.1 Å². The summed E-state index contributed by atoms with van der Waals surface area (Å²) in [6.45, 7) is 0.243. The molecule has 0 atom stereocenters. The van der Waals surface area contributed by atoms with Gasteiger partial charge in [-0.2, -0.15) is 0 Å². The zero-order valence-electron chi connectivity index (χ0n) is 11.8. The maximum absolute atomic E-state index is 12.3. The van der Waals surface area contributed by atoms with Gasteiger partial charge in [0.2, 0.25) is 10.0 Å². The summed E-state index contributed by atoms with van der Waals surface area (Å²) < 4.78 is 27.2. The summed E-state index contributed by atoms with van der Waals surface area (Å²) in [5.41, 5.74) is 5.53. The molecular formula is C14H21ClN2O3S. The minimum atomic E-state index is -3.65. The fourth-order valence-corrected chi connectivity index (χ4v) is 4.02. The molecule has 1 aromatic rings. The summed E-state index contributed by atoms with van der Waals surface area (Å²) >= 11 is 5.80. The molecule has 0 aromatic heterocycles. The molecule has 5 nitrogen and oxygen atoms in total. The third-order valence-corrected chi connectivity index (χ3v) is 5.91. The summed E-state index contributed by atoms with van der Waals surface area (Å²) in [7, 11) is -3.65. The molecule has 4 N–H and O–H groups in total. The number of nitrogen functional groups attached to an aromatic ring is 1. The Kier molecular flexibility index (Phi) is 5.14. The molecule has 0 unspecified atom stereocenters.